The zero-order chi connectivity index (χ0) is 14.8. The van der Waals surface area contributed by atoms with E-state index in [1.165, 1.54) is 0 Å². The molecular formula is C15H22ClN3O2. The number of primary amides is 1. The van der Waals surface area contributed by atoms with Gasteiger partial charge in [0.2, 0.25) is 11.8 Å². The average Bonchev–Trinajstić information content (AvgIpc) is 2.41. The number of hydrogen-bond acceptors (Lipinski definition) is 3. The Labute approximate surface area is 130 Å². The average molecular weight is 312 g/mol. The molecule has 2 amide bonds. The van der Waals surface area contributed by atoms with Gasteiger partial charge in [-0.2, -0.15) is 0 Å². The Kier molecular flexibility index (Phi) is 5.75. The summed E-state index contributed by atoms with van der Waals surface area (Å²) in [4.78, 5) is 23.6. The molecule has 116 valence electrons. The van der Waals surface area contributed by atoms with Crippen molar-refractivity contribution in [2.75, 3.05) is 5.32 Å². The summed E-state index contributed by atoms with van der Waals surface area (Å²) < 4.78 is 0. The van der Waals surface area contributed by atoms with Crippen LogP contribution in [0.4, 0.5) is 5.69 Å². The monoisotopic (exact) mass is 311 g/mol. The van der Waals surface area contributed by atoms with Crippen LogP contribution in [0.2, 0.25) is 0 Å². The Balaban J connectivity index is 0.00000220. The number of hydrogen-bond donors (Lipinski definition) is 3. The van der Waals surface area contributed by atoms with Crippen molar-refractivity contribution < 1.29 is 9.59 Å². The maximum Gasteiger partial charge on any atom is 0.249 e. The second-order valence-electron chi connectivity index (χ2n) is 5.56. The molecule has 5 N–H and O–H groups in total. The van der Waals surface area contributed by atoms with Crippen molar-refractivity contribution >= 4 is 29.9 Å². The molecule has 1 aliphatic rings. The molecule has 1 aromatic carbocycles. The van der Waals surface area contributed by atoms with Crippen LogP contribution in [-0.2, 0) is 4.79 Å². The van der Waals surface area contributed by atoms with E-state index in [9.17, 15) is 9.59 Å². The second-order valence-corrected chi connectivity index (χ2v) is 5.56. The van der Waals surface area contributed by atoms with Crippen LogP contribution in [0, 0.1) is 6.92 Å². The summed E-state index contributed by atoms with van der Waals surface area (Å²) in [5.74, 6) is -0.685. The molecule has 1 fully saturated rings. The Morgan fingerprint density at radius 3 is 2.38 bits per heavy atom. The van der Waals surface area contributed by atoms with Gasteiger partial charge in [-0.15, -0.1) is 12.4 Å². The van der Waals surface area contributed by atoms with E-state index in [2.05, 4.69) is 5.32 Å². The molecule has 0 aromatic heterocycles. The van der Waals surface area contributed by atoms with Gasteiger partial charge in [0.15, 0.2) is 0 Å². The van der Waals surface area contributed by atoms with Crippen LogP contribution >= 0.6 is 12.4 Å². The number of carbonyl (C=O) groups excluding carboxylic acids is 2. The van der Waals surface area contributed by atoms with Crippen LogP contribution in [0.1, 0.15) is 48.0 Å². The summed E-state index contributed by atoms with van der Waals surface area (Å²) in [7, 11) is 0. The first-order chi connectivity index (χ1) is 9.42. The summed E-state index contributed by atoms with van der Waals surface area (Å²) in [6, 6.07) is 5.12. The predicted octanol–water partition coefficient (Wildman–Crippen LogP) is 2.12. The summed E-state index contributed by atoms with van der Waals surface area (Å²) in [5.41, 5.74) is 12.4. The standard InChI is InChI=1S/C15H21N3O2.ClH/c1-10-5-6-11(9-12(10)13(16)19)18-14(20)15(17)7-3-2-4-8-15;/h5-6,9H,2-4,7-8,17H2,1H3,(H2,16,19)(H,18,20);1H. The van der Waals surface area contributed by atoms with Crippen molar-refractivity contribution in [3.8, 4) is 0 Å². The van der Waals surface area contributed by atoms with Gasteiger partial charge in [0, 0.05) is 11.3 Å². The maximum absolute atomic E-state index is 12.3. The predicted molar refractivity (Wildman–Crippen MR) is 85.6 cm³/mol. The zero-order valence-corrected chi connectivity index (χ0v) is 13.0. The number of benzene rings is 1. The van der Waals surface area contributed by atoms with Crippen LogP contribution in [0.3, 0.4) is 0 Å². The summed E-state index contributed by atoms with van der Waals surface area (Å²) in [5, 5.41) is 2.80. The van der Waals surface area contributed by atoms with E-state index in [-0.39, 0.29) is 18.3 Å². The van der Waals surface area contributed by atoms with Crippen molar-refractivity contribution in [2.45, 2.75) is 44.6 Å². The maximum atomic E-state index is 12.3. The molecule has 1 aliphatic carbocycles. The lowest BCUT2D eigenvalue weighted by Gasteiger charge is -2.31. The molecule has 0 atom stereocenters. The number of aryl methyl sites for hydroxylation is 1. The molecule has 6 heteroatoms. The molecule has 0 spiro atoms. The highest BCUT2D eigenvalue weighted by Gasteiger charge is 2.35. The molecule has 5 nitrogen and oxygen atoms in total. The van der Waals surface area contributed by atoms with E-state index in [1.807, 2.05) is 0 Å². The third kappa shape index (κ3) is 3.95. The molecule has 1 saturated carbocycles. The fraction of sp³-hybridized carbons (Fsp3) is 0.467. The number of nitrogens with one attached hydrogen (secondary N) is 1. The lowest BCUT2D eigenvalue weighted by molar-refractivity contribution is -0.122. The minimum atomic E-state index is -0.796. The third-order valence-electron chi connectivity index (χ3n) is 3.96. The zero-order valence-electron chi connectivity index (χ0n) is 12.1. The van der Waals surface area contributed by atoms with Crippen LogP contribution in [0.25, 0.3) is 0 Å². The SMILES string of the molecule is Cc1ccc(NC(=O)C2(N)CCCCC2)cc1C(N)=O.Cl. The van der Waals surface area contributed by atoms with E-state index in [0.29, 0.717) is 24.1 Å². The molecule has 0 unspecified atom stereocenters. The van der Waals surface area contributed by atoms with Crippen LogP contribution in [-0.4, -0.2) is 17.4 Å². The van der Waals surface area contributed by atoms with Gasteiger partial charge in [0.05, 0.1) is 5.54 Å². The van der Waals surface area contributed by atoms with Crippen molar-refractivity contribution in [1.29, 1.82) is 0 Å². The fourth-order valence-corrected chi connectivity index (χ4v) is 2.63. The molecule has 21 heavy (non-hydrogen) atoms. The van der Waals surface area contributed by atoms with Gasteiger partial charge in [-0.3, -0.25) is 9.59 Å². The lowest BCUT2D eigenvalue weighted by atomic mass is 9.82. The van der Waals surface area contributed by atoms with E-state index >= 15 is 0 Å². The molecule has 0 radical (unpaired) electrons. The Hall–Kier alpha value is -1.59. The number of nitrogens with two attached hydrogens (primary N) is 2. The molecule has 1 aromatic rings. The van der Waals surface area contributed by atoms with E-state index in [0.717, 1.165) is 24.8 Å². The van der Waals surface area contributed by atoms with Crippen LogP contribution < -0.4 is 16.8 Å². The first kappa shape index (κ1) is 17.5. The van der Waals surface area contributed by atoms with Gasteiger partial charge in [0.25, 0.3) is 0 Å². The smallest absolute Gasteiger partial charge is 0.249 e. The Morgan fingerprint density at radius 2 is 1.81 bits per heavy atom. The van der Waals surface area contributed by atoms with E-state index < -0.39 is 11.4 Å². The lowest BCUT2D eigenvalue weighted by Crippen LogP contribution is -2.52. The fourth-order valence-electron chi connectivity index (χ4n) is 2.63. The van der Waals surface area contributed by atoms with Gasteiger partial charge in [-0.1, -0.05) is 25.3 Å². The van der Waals surface area contributed by atoms with Crippen LogP contribution in [0.15, 0.2) is 18.2 Å². The number of anilines is 1. The molecule has 2 rings (SSSR count). The molecule has 0 aliphatic heterocycles. The van der Waals surface area contributed by atoms with Crippen LogP contribution in [0.5, 0.6) is 0 Å². The number of amides is 2. The van der Waals surface area contributed by atoms with Gasteiger partial charge in [0.1, 0.15) is 0 Å². The van der Waals surface area contributed by atoms with Gasteiger partial charge < -0.3 is 16.8 Å². The summed E-state index contributed by atoms with van der Waals surface area (Å²) in [6.07, 6.45) is 4.48. The van der Waals surface area contributed by atoms with Crippen molar-refractivity contribution in [3.05, 3.63) is 29.3 Å². The quantitative estimate of drug-likeness (QED) is 0.797. The molecule has 0 heterocycles. The molecule has 0 saturated heterocycles. The van der Waals surface area contributed by atoms with Crippen molar-refractivity contribution in [3.63, 3.8) is 0 Å². The van der Waals surface area contributed by atoms with Crippen molar-refractivity contribution in [1.82, 2.24) is 0 Å². The number of carbonyl (C=O) groups is 2. The van der Waals surface area contributed by atoms with Gasteiger partial charge in [-0.05, 0) is 37.5 Å². The highest BCUT2D eigenvalue weighted by atomic mass is 35.5. The summed E-state index contributed by atoms with van der Waals surface area (Å²) >= 11 is 0. The van der Waals surface area contributed by atoms with Gasteiger partial charge >= 0.3 is 0 Å². The Bertz CT molecular complexity index is 540. The first-order valence-corrected chi connectivity index (χ1v) is 6.93. The molecular weight excluding hydrogens is 290 g/mol. The minimum Gasteiger partial charge on any atom is -0.366 e. The minimum absolute atomic E-state index is 0. The first-order valence-electron chi connectivity index (χ1n) is 6.93. The van der Waals surface area contributed by atoms with E-state index in [4.69, 9.17) is 11.5 Å². The number of rotatable bonds is 3. The third-order valence-corrected chi connectivity index (χ3v) is 3.96. The number of halogens is 1. The second kappa shape index (κ2) is 6.91. The van der Waals surface area contributed by atoms with Gasteiger partial charge in [-0.25, -0.2) is 0 Å². The highest BCUT2D eigenvalue weighted by molar-refractivity contribution is 6.00. The van der Waals surface area contributed by atoms with E-state index in [1.54, 1.807) is 25.1 Å². The normalized spacial score (nSPS) is 16.7. The summed E-state index contributed by atoms with van der Waals surface area (Å²) in [6.45, 7) is 1.80. The Morgan fingerprint density at radius 1 is 1.19 bits per heavy atom. The molecule has 0 bridgehead atoms. The highest BCUT2D eigenvalue weighted by Crippen LogP contribution is 2.27. The topological polar surface area (TPSA) is 98.2 Å². The largest absolute Gasteiger partial charge is 0.366 e. The van der Waals surface area contributed by atoms with Crippen molar-refractivity contribution in [2.24, 2.45) is 11.5 Å².